The number of phenols is 4. The number of hydrogen-bond donors (Lipinski definition) is 7. The maximum atomic E-state index is 12.5. The van der Waals surface area contributed by atoms with E-state index in [4.69, 9.17) is 9.47 Å². The Morgan fingerprint density at radius 3 is 1.59 bits per heavy atom. The molecule has 4 aromatic carbocycles. The van der Waals surface area contributed by atoms with Crippen LogP contribution < -0.4 is 25.8 Å². The van der Waals surface area contributed by atoms with Crippen LogP contribution in [0.2, 0.25) is 0 Å². The summed E-state index contributed by atoms with van der Waals surface area (Å²) in [5.74, 6) is 0.588. The van der Waals surface area contributed by atoms with Crippen molar-refractivity contribution < 1.29 is 35.0 Å². The normalized spacial score (nSPS) is 17.0. The molecule has 1 aromatic heterocycles. The predicted octanol–water partition coefficient (Wildman–Crippen LogP) is 4.70. The molecule has 3 aliphatic rings. The van der Waals surface area contributed by atoms with Crippen LogP contribution in [0, 0.1) is 0 Å². The van der Waals surface area contributed by atoms with Crippen LogP contribution in [0.25, 0.3) is 17.1 Å². The van der Waals surface area contributed by atoms with Gasteiger partial charge < -0.3 is 44.8 Å². The molecular formula is C42H50N8O8. The van der Waals surface area contributed by atoms with E-state index in [9.17, 15) is 30.3 Å². The number of nitrogens with zero attached hydrogens (tertiary/aromatic N) is 6. The summed E-state index contributed by atoms with van der Waals surface area (Å²) in [6.45, 7) is 14.0. The van der Waals surface area contributed by atoms with E-state index < -0.39 is 12.0 Å². The monoisotopic (exact) mass is 794 g/mol. The van der Waals surface area contributed by atoms with Crippen molar-refractivity contribution in [3.05, 3.63) is 100.0 Å². The average molecular weight is 795 g/mol. The van der Waals surface area contributed by atoms with Crippen LogP contribution in [0.4, 0.5) is 17.1 Å². The lowest BCUT2D eigenvalue weighted by Crippen LogP contribution is -2.40. The standard InChI is InChI=1S/C21H26N4O4.C21H24N4O4/c2*1-13(2)16-11-17(19(27)12-18(16)26)20-22-23-21(28)25(20)15-5-3-14(4-6-15)24-7-9-29-10-8-24/h3-6,11-13,21,23,26-28H,7-10H2,1-2H3;3-6,11-13,26-27H,7-10H2,1-2H3,(H,23,28). The Morgan fingerprint density at radius 2 is 1.09 bits per heavy atom. The minimum absolute atomic E-state index is 0.0144. The Bertz CT molecular complexity index is 2290. The molecule has 58 heavy (non-hydrogen) atoms. The highest BCUT2D eigenvalue weighted by Crippen LogP contribution is 2.38. The smallest absolute Gasteiger partial charge is 0.348 e. The molecule has 3 aliphatic heterocycles. The van der Waals surface area contributed by atoms with E-state index in [1.807, 2.05) is 76.2 Å². The second-order valence-electron chi connectivity index (χ2n) is 14.9. The molecule has 0 bridgehead atoms. The Hall–Kier alpha value is -6.23. The molecular weight excluding hydrogens is 745 g/mol. The zero-order chi connectivity index (χ0) is 41.1. The number of hydrogen-bond acceptors (Lipinski definition) is 14. The van der Waals surface area contributed by atoms with Gasteiger partial charge in [0.05, 0.1) is 43.2 Å². The first-order chi connectivity index (χ1) is 27.9. The first-order valence-corrected chi connectivity index (χ1v) is 19.4. The van der Waals surface area contributed by atoms with Crippen molar-refractivity contribution in [3.63, 3.8) is 0 Å². The molecule has 1 unspecified atom stereocenters. The maximum absolute atomic E-state index is 12.5. The first kappa shape index (κ1) is 40.0. The fourth-order valence-corrected chi connectivity index (χ4v) is 7.27. The van der Waals surface area contributed by atoms with Gasteiger partial charge in [0.25, 0.3) is 0 Å². The lowest BCUT2D eigenvalue weighted by molar-refractivity contribution is 0.122. The molecule has 7 N–H and O–H groups in total. The van der Waals surface area contributed by atoms with E-state index >= 15 is 0 Å². The van der Waals surface area contributed by atoms with Crippen molar-refractivity contribution >= 4 is 22.9 Å². The summed E-state index contributed by atoms with van der Waals surface area (Å²) in [4.78, 5) is 18.6. The zero-order valence-electron chi connectivity index (χ0n) is 33.0. The quantitative estimate of drug-likeness (QED) is 0.114. The minimum Gasteiger partial charge on any atom is -0.508 e. The van der Waals surface area contributed by atoms with Gasteiger partial charge in [0.15, 0.2) is 11.7 Å². The number of rotatable bonds is 8. The molecule has 5 aromatic rings. The number of benzene rings is 4. The molecule has 0 spiro atoms. The number of aromatic nitrogens is 3. The fourth-order valence-electron chi connectivity index (χ4n) is 7.27. The van der Waals surface area contributed by atoms with E-state index in [2.05, 4.69) is 30.5 Å². The van der Waals surface area contributed by atoms with Crippen LogP contribution in [0.15, 0.2) is 82.7 Å². The van der Waals surface area contributed by atoms with Crippen molar-refractivity contribution in [2.45, 2.75) is 45.9 Å². The topological polar surface area (TPSA) is 204 Å². The number of amidine groups is 1. The number of hydrazone groups is 1. The summed E-state index contributed by atoms with van der Waals surface area (Å²) in [6, 6.07) is 21.4. The molecule has 0 radical (unpaired) electrons. The molecule has 4 heterocycles. The van der Waals surface area contributed by atoms with Crippen molar-refractivity contribution in [2.24, 2.45) is 5.10 Å². The maximum Gasteiger partial charge on any atom is 0.348 e. The summed E-state index contributed by atoms with van der Waals surface area (Å²) in [6.07, 6.45) is -1.06. The van der Waals surface area contributed by atoms with Gasteiger partial charge in [-0.15, -0.1) is 0 Å². The van der Waals surface area contributed by atoms with Gasteiger partial charge in [-0.2, -0.15) is 10.2 Å². The Morgan fingerprint density at radius 1 is 0.638 bits per heavy atom. The predicted molar refractivity (Wildman–Crippen MR) is 222 cm³/mol. The third-order valence-electron chi connectivity index (χ3n) is 10.4. The number of anilines is 3. The van der Waals surface area contributed by atoms with Gasteiger partial charge in [-0.3, -0.25) is 10.3 Å². The number of nitrogens with one attached hydrogen (secondary N) is 2. The number of aromatic amines is 1. The number of aliphatic hydroxyl groups excluding tert-OH is 1. The SMILES string of the molecule is CC(C)c1cc(-c2n[nH]c(=O)n2-c2ccc(N3CCOCC3)cc2)c(O)cc1O.CC(C)c1cc(C2=NNC(O)N2c2ccc(N3CCOCC3)cc2)c(O)cc1O. The number of morpholine rings is 2. The van der Waals surface area contributed by atoms with E-state index in [-0.39, 0.29) is 40.7 Å². The molecule has 306 valence electrons. The number of phenolic OH excluding ortho intramolecular Hbond substituents is 4. The van der Waals surface area contributed by atoms with E-state index in [0.29, 0.717) is 60.2 Å². The van der Waals surface area contributed by atoms with Crippen molar-refractivity contribution in [3.8, 4) is 40.1 Å². The molecule has 0 aliphatic carbocycles. The number of H-pyrrole nitrogens is 1. The first-order valence-electron chi connectivity index (χ1n) is 19.4. The van der Waals surface area contributed by atoms with Gasteiger partial charge in [0.1, 0.15) is 23.0 Å². The van der Waals surface area contributed by atoms with Crippen LogP contribution in [0.1, 0.15) is 56.2 Å². The van der Waals surface area contributed by atoms with Crippen molar-refractivity contribution in [1.29, 1.82) is 0 Å². The van der Waals surface area contributed by atoms with E-state index in [1.54, 1.807) is 17.0 Å². The summed E-state index contributed by atoms with van der Waals surface area (Å²) >= 11 is 0. The van der Waals surface area contributed by atoms with Crippen LogP contribution in [0.5, 0.6) is 23.0 Å². The van der Waals surface area contributed by atoms with Gasteiger partial charge in [0, 0.05) is 55.4 Å². The largest absolute Gasteiger partial charge is 0.508 e. The van der Waals surface area contributed by atoms with Gasteiger partial charge in [-0.1, -0.05) is 27.7 Å². The van der Waals surface area contributed by atoms with Crippen molar-refractivity contribution in [1.82, 2.24) is 20.2 Å². The molecule has 2 fully saturated rings. The van der Waals surface area contributed by atoms with Crippen LogP contribution in [-0.2, 0) is 9.47 Å². The highest BCUT2D eigenvalue weighted by molar-refractivity contribution is 6.12. The van der Waals surface area contributed by atoms with Gasteiger partial charge in [-0.05, 0) is 83.6 Å². The van der Waals surface area contributed by atoms with E-state index in [0.717, 1.165) is 43.2 Å². The molecule has 1 atom stereocenters. The number of aromatic hydroxyl groups is 4. The molecule has 16 heteroatoms. The summed E-state index contributed by atoms with van der Waals surface area (Å²) in [5, 5.41) is 62.3. The summed E-state index contributed by atoms with van der Waals surface area (Å²) in [5.41, 5.74) is 7.95. The summed E-state index contributed by atoms with van der Waals surface area (Å²) < 4.78 is 12.2. The molecule has 0 amide bonds. The lowest BCUT2D eigenvalue weighted by Gasteiger charge is -2.30. The van der Waals surface area contributed by atoms with Crippen molar-refractivity contribution in [2.75, 3.05) is 67.3 Å². The highest BCUT2D eigenvalue weighted by atomic mass is 16.5. The Kier molecular flexibility index (Phi) is 11.8. The van der Waals surface area contributed by atoms with Gasteiger partial charge in [0.2, 0.25) is 6.35 Å². The second-order valence-corrected chi connectivity index (χ2v) is 14.9. The Labute approximate surface area is 335 Å². The number of aliphatic hydroxyl groups is 1. The van der Waals surface area contributed by atoms with Crippen LogP contribution >= 0.6 is 0 Å². The fraction of sp³-hybridized carbons (Fsp3) is 0.357. The molecule has 2 saturated heterocycles. The van der Waals surface area contributed by atoms with Gasteiger partial charge >= 0.3 is 5.69 Å². The molecule has 8 rings (SSSR count). The second kappa shape index (κ2) is 17.1. The third kappa shape index (κ3) is 8.25. The van der Waals surface area contributed by atoms with E-state index in [1.165, 1.54) is 16.7 Å². The third-order valence-corrected chi connectivity index (χ3v) is 10.4. The summed E-state index contributed by atoms with van der Waals surface area (Å²) in [7, 11) is 0. The Balaban J connectivity index is 0.000000177. The molecule has 16 nitrogen and oxygen atoms in total. The zero-order valence-corrected chi connectivity index (χ0v) is 33.0. The van der Waals surface area contributed by atoms with Crippen LogP contribution in [0.3, 0.4) is 0 Å². The van der Waals surface area contributed by atoms with Gasteiger partial charge in [-0.25, -0.2) is 14.5 Å². The number of ether oxygens (including phenoxy) is 2. The molecule has 0 saturated carbocycles. The minimum atomic E-state index is -1.06. The van der Waals surface area contributed by atoms with Crippen LogP contribution in [-0.4, -0.2) is 105 Å². The highest BCUT2D eigenvalue weighted by Gasteiger charge is 2.31. The lowest BCUT2D eigenvalue weighted by atomic mass is 9.98. The average Bonchev–Trinajstić information content (AvgIpc) is 3.80.